The van der Waals surface area contributed by atoms with Crippen molar-refractivity contribution >= 4 is 35.0 Å². The van der Waals surface area contributed by atoms with Gasteiger partial charge in [0, 0.05) is 37.7 Å². The highest BCUT2D eigenvalue weighted by Crippen LogP contribution is 2.26. The lowest BCUT2D eigenvalue weighted by molar-refractivity contribution is -0.121. The van der Waals surface area contributed by atoms with E-state index in [2.05, 4.69) is 0 Å². The molecule has 1 fully saturated rings. The summed E-state index contributed by atoms with van der Waals surface area (Å²) in [6.45, 7) is 6.16. The number of ketones is 2. The zero-order valence-electron chi connectivity index (χ0n) is 16.8. The van der Waals surface area contributed by atoms with Crippen LogP contribution in [0.1, 0.15) is 71.5 Å². The first-order chi connectivity index (χ1) is 13.1. The maximum Gasteiger partial charge on any atom is 0.410 e. The molecule has 28 heavy (non-hydrogen) atoms. The molecule has 0 saturated carbocycles. The molecule has 154 valence electrons. The maximum atomic E-state index is 12.5. The predicted octanol–water partition coefficient (Wildman–Crippen LogP) is 3.78. The molecule has 1 aromatic rings. The molecule has 1 aromatic heterocycles. The Morgan fingerprint density at radius 2 is 1.86 bits per heavy atom. The summed E-state index contributed by atoms with van der Waals surface area (Å²) >= 11 is 1.25. The Morgan fingerprint density at radius 3 is 2.46 bits per heavy atom. The summed E-state index contributed by atoms with van der Waals surface area (Å²) < 4.78 is 10.3. The minimum absolute atomic E-state index is 0.0330. The van der Waals surface area contributed by atoms with Crippen LogP contribution in [0.25, 0.3) is 0 Å². The third-order valence-corrected chi connectivity index (χ3v) is 5.95. The van der Waals surface area contributed by atoms with Crippen LogP contribution in [0.2, 0.25) is 0 Å². The fraction of sp³-hybridized carbons (Fsp3) is 0.600. The molecule has 0 atom stereocenters. The van der Waals surface area contributed by atoms with Crippen LogP contribution in [0.4, 0.5) is 4.79 Å². The fourth-order valence-corrected chi connectivity index (χ4v) is 4.11. The van der Waals surface area contributed by atoms with Crippen molar-refractivity contribution in [2.75, 3.05) is 20.2 Å². The number of hydrogen-bond donors (Lipinski definition) is 0. The smallest absolute Gasteiger partial charge is 0.410 e. The largest absolute Gasteiger partial charge is 0.465 e. The second-order valence-electron chi connectivity index (χ2n) is 7.53. The van der Waals surface area contributed by atoms with Crippen LogP contribution >= 0.6 is 11.3 Å². The first-order valence-electron chi connectivity index (χ1n) is 9.34. The summed E-state index contributed by atoms with van der Waals surface area (Å²) in [5.74, 6) is -0.310. The van der Waals surface area contributed by atoms with Crippen molar-refractivity contribution in [2.45, 2.75) is 58.5 Å². The van der Waals surface area contributed by atoms with Gasteiger partial charge < -0.3 is 14.4 Å². The fourth-order valence-electron chi connectivity index (χ4n) is 3.08. The standard InChI is InChI=1S/C20H27NO6S/c1-13-15(18(24)26-4)12-28-17(13)16(23)6-5-9-20(2,3)27-19(25)21-10-7-14(22)8-11-21/h12H,5-11H2,1-4H3. The molecule has 7 nitrogen and oxygen atoms in total. The second kappa shape index (κ2) is 9.32. The van der Waals surface area contributed by atoms with Crippen molar-refractivity contribution in [1.82, 2.24) is 4.90 Å². The van der Waals surface area contributed by atoms with Crippen LogP contribution in [0.5, 0.6) is 0 Å². The van der Waals surface area contributed by atoms with E-state index in [0.29, 0.717) is 61.2 Å². The van der Waals surface area contributed by atoms with Crippen LogP contribution < -0.4 is 0 Å². The number of carbonyl (C=O) groups is 4. The molecule has 0 aliphatic carbocycles. The number of Topliss-reactive ketones (excluding diaryl/α,β-unsaturated/α-hetero) is 2. The summed E-state index contributed by atoms with van der Waals surface area (Å²) in [5, 5.41) is 1.64. The summed E-state index contributed by atoms with van der Waals surface area (Å²) in [6, 6.07) is 0. The van der Waals surface area contributed by atoms with Gasteiger partial charge in [0.25, 0.3) is 0 Å². The molecule has 0 unspecified atom stereocenters. The van der Waals surface area contributed by atoms with E-state index in [9.17, 15) is 19.2 Å². The average Bonchev–Trinajstić information content (AvgIpc) is 3.02. The van der Waals surface area contributed by atoms with E-state index in [0.717, 1.165) is 0 Å². The quantitative estimate of drug-likeness (QED) is 0.503. The van der Waals surface area contributed by atoms with Gasteiger partial charge in [-0.3, -0.25) is 9.59 Å². The van der Waals surface area contributed by atoms with Gasteiger partial charge in [-0.2, -0.15) is 0 Å². The SMILES string of the molecule is COC(=O)c1csc(C(=O)CCCC(C)(C)OC(=O)N2CCC(=O)CC2)c1C. The predicted molar refractivity (Wildman–Crippen MR) is 105 cm³/mol. The van der Waals surface area contributed by atoms with E-state index < -0.39 is 17.7 Å². The molecule has 8 heteroatoms. The first kappa shape index (κ1) is 22.1. The Bertz CT molecular complexity index is 757. The molecule has 1 saturated heterocycles. The van der Waals surface area contributed by atoms with Crippen LogP contribution in [-0.2, 0) is 14.3 Å². The molecule has 0 N–H and O–H groups in total. The number of esters is 1. The van der Waals surface area contributed by atoms with Gasteiger partial charge in [0.1, 0.15) is 11.4 Å². The molecular weight excluding hydrogens is 382 g/mol. The number of carbonyl (C=O) groups excluding carboxylic acids is 4. The minimum Gasteiger partial charge on any atom is -0.465 e. The Morgan fingerprint density at radius 1 is 1.21 bits per heavy atom. The molecule has 0 bridgehead atoms. The van der Waals surface area contributed by atoms with Gasteiger partial charge in [-0.1, -0.05) is 0 Å². The topological polar surface area (TPSA) is 90.0 Å². The number of nitrogens with zero attached hydrogens (tertiary/aromatic N) is 1. The van der Waals surface area contributed by atoms with Crippen LogP contribution in [0.3, 0.4) is 0 Å². The molecule has 2 rings (SSSR count). The third-order valence-electron chi connectivity index (χ3n) is 4.82. The highest BCUT2D eigenvalue weighted by atomic mass is 32.1. The van der Waals surface area contributed by atoms with Gasteiger partial charge in [0.05, 0.1) is 17.6 Å². The Hall–Kier alpha value is -2.22. The summed E-state index contributed by atoms with van der Waals surface area (Å²) in [5.41, 5.74) is 0.359. The van der Waals surface area contributed by atoms with E-state index in [-0.39, 0.29) is 11.6 Å². The maximum absolute atomic E-state index is 12.5. The van der Waals surface area contributed by atoms with Gasteiger partial charge in [0.2, 0.25) is 0 Å². The molecule has 1 amide bonds. The zero-order valence-corrected chi connectivity index (χ0v) is 17.6. The second-order valence-corrected chi connectivity index (χ2v) is 8.40. The van der Waals surface area contributed by atoms with Crippen LogP contribution in [0.15, 0.2) is 5.38 Å². The van der Waals surface area contributed by atoms with Gasteiger partial charge >= 0.3 is 12.1 Å². The van der Waals surface area contributed by atoms with Crippen LogP contribution in [0, 0.1) is 6.92 Å². The number of likely N-dealkylation sites (tertiary alicyclic amines) is 1. The van der Waals surface area contributed by atoms with Crippen molar-refractivity contribution in [2.24, 2.45) is 0 Å². The van der Waals surface area contributed by atoms with Gasteiger partial charge in [-0.15, -0.1) is 11.3 Å². The van der Waals surface area contributed by atoms with Gasteiger partial charge in [-0.05, 0) is 39.2 Å². The van der Waals surface area contributed by atoms with Crippen molar-refractivity contribution in [3.05, 3.63) is 21.4 Å². The molecule has 2 heterocycles. The summed E-state index contributed by atoms with van der Waals surface area (Å²) in [6.07, 6.45) is 1.73. The van der Waals surface area contributed by atoms with E-state index in [4.69, 9.17) is 9.47 Å². The number of ether oxygens (including phenoxy) is 2. The van der Waals surface area contributed by atoms with Gasteiger partial charge in [0.15, 0.2) is 5.78 Å². The first-order valence-corrected chi connectivity index (χ1v) is 10.2. The van der Waals surface area contributed by atoms with E-state index in [1.54, 1.807) is 17.2 Å². The summed E-state index contributed by atoms with van der Waals surface area (Å²) in [7, 11) is 1.31. The minimum atomic E-state index is -0.708. The van der Waals surface area contributed by atoms with E-state index in [1.807, 2.05) is 13.8 Å². The van der Waals surface area contributed by atoms with Crippen molar-refractivity contribution in [3.63, 3.8) is 0 Å². The molecular formula is C20H27NO6S. The number of rotatable bonds is 7. The number of methoxy groups -OCH3 is 1. The lowest BCUT2D eigenvalue weighted by atomic mass is 9.99. The highest BCUT2D eigenvalue weighted by Gasteiger charge is 2.29. The third kappa shape index (κ3) is 5.64. The molecule has 1 aliphatic rings. The Kier molecular flexibility index (Phi) is 7.35. The molecule has 0 spiro atoms. The Labute approximate surface area is 169 Å². The Balaban J connectivity index is 1.83. The normalized spacial score (nSPS) is 14.7. The van der Waals surface area contributed by atoms with Crippen molar-refractivity contribution in [3.8, 4) is 0 Å². The zero-order chi connectivity index (χ0) is 20.9. The number of hydrogen-bond acceptors (Lipinski definition) is 7. The van der Waals surface area contributed by atoms with E-state index in [1.165, 1.54) is 18.4 Å². The lowest BCUT2D eigenvalue weighted by Gasteiger charge is -2.31. The summed E-state index contributed by atoms with van der Waals surface area (Å²) in [4.78, 5) is 49.8. The van der Waals surface area contributed by atoms with Crippen molar-refractivity contribution in [1.29, 1.82) is 0 Å². The lowest BCUT2D eigenvalue weighted by Crippen LogP contribution is -2.42. The molecule has 0 aromatic carbocycles. The number of thiophene rings is 1. The number of piperidine rings is 1. The average molecular weight is 410 g/mol. The van der Waals surface area contributed by atoms with Crippen LogP contribution in [-0.4, -0.2) is 54.3 Å². The number of amides is 1. The highest BCUT2D eigenvalue weighted by molar-refractivity contribution is 7.12. The van der Waals surface area contributed by atoms with E-state index >= 15 is 0 Å². The van der Waals surface area contributed by atoms with Gasteiger partial charge in [-0.25, -0.2) is 9.59 Å². The monoisotopic (exact) mass is 409 g/mol. The molecule has 0 radical (unpaired) electrons. The van der Waals surface area contributed by atoms with Crippen molar-refractivity contribution < 1.29 is 28.7 Å². The molecule has 1 aliphatic heterocycles.